The normalized spacial score (nSPS) is 11.3. The Morgan fingerprint density at radius 3 is 1.50 bits per heavy atom. The predicted octanol–water partition coefficient (Wildman–Crippen LogP) is 0.976. The quantitative estimate of drug-likeness (QED) is 0.617. The summed E-state index contributed by atoms with van der Waals surface area (Å²) in [6, 6.07) is 0. The third-order valence-corrected chi connectivity index (χ3v) is 1.88. The van der Waals surface area contributed by atoms with Crippen LogP contribution in [0.2, 0.25) is 0 Å². The summed E-state index contributed by atoms with van der Waals surface area (Å²) in [5.74, 6) is 0. The molecular weight excluding hydrogens is 176 g/mol. The molecule has 2 N–H and O–H groups in total. The molecule has 0 aromatic heterocycles. The van der Waals surface area contributed by atoms with Crippen LogP contribution < -0.4 is 0 Å². The zero-order chi connectivity index (χ0) is 8.74. The van der Waals surface area contributed by atoms with Gasteiger partial charge in [0.1, 0.15) is 0 Å². The highest BCUT2D eigenvalue weighted by molar-refractivity contribution is 7.97. The van der Waals surface area contributed by atoms with Crippen molar-refractivity contribution in [2.75, 3.05) is 0 Å². The molecule has 0 aliphatic rings. The molecule has 0 aromatic rings. The topological polar surface area (TPSA) is 65.6 Å². The Labute approximate surface area is 72.6 Å². The van der Waals surface area contributed by atoms with Gasteiger partial charge in [0.25, 0.3) is 0 Å². The minimum atomic E-state index is -3.21. The summed E-state index contributed by atoms with van der Waals surface area (Å²) < 4.78 is 21.8. The average molecular weight is 188 g/mol. The molecular formula is C8H12O3S. The lowest BCUT2D eigenvalue weighted by molar-refractivity contribution is 0.612. The van der Waals surface area contributed by atoms with E-state index in [0.29, 0.717) is 0 Å². The molecule has 0 amide bonds. The van der Waals surface area contributed by atoms with Gasteiger partial charge in [0, 0.05) is 10.8 Å². The highest BCUT2D eigenvalue weighted by Crippen LogP contribution is 1.94. The molecule has 0 aliphatic heterocycles. The summed E-state index contributed by atoms with van der Waals surface area (Å²) in [5, 5.41) is 2.14. The van der Waals surface area contributed by atoms with Crippen molar-refractivity contribution in [2.45, 2.75) is 0 Å². The molecule has 0 fully saturated rings. The van der Waals surface area contributed by atoms with Gasteiger partial charge in [0.15, 0.2) is 9.84 Å². The van der Waals surface area contributed by atoms with Gasteiger partial charge in [0.05, 0.1) is 0 Å². The lowest BCUT2D eigenvalue weighted by Gasteiger charge is -1.83. The smallest absolute Gasteiger partial charge is 0.193 e. The largest absolute Gasteiger partial charge is 0.412 e. The molecule has 0 aromatic carbocycles. The maximum Gasteiger partial charge on any atom is 0.193 e. The Hall–Kier alpha value is -1.13. The summed E-state index contributed by atoms with van der Waals surface area (Å²) in [7, 11) is -3.21. The second-order valence-electron chi connectivity index (χ2n) is 1.72. The molecule has 0 radical (unpaired) electrons. The SMILES string of the molecule is C=CC=CS(=O)(=O)C=CC=C.O. The van der Waals surface area contributed by atoms with Crippen LogP contribution in [0, 0.1) is 0 Å². The molecule has 0 saturated heterocycles. The lowest BCUT2D eigenvalue weighted by Crippen LogP contribution is -1.86. The minimum Gasteiger partial charge on any atom is -0.412 e. The number of rotatable bonds is 4. The summed E-state index contributed by atoms with van der Waals surface area (Å²) in [5.41, 5.74) is 0. The van der Waals surface area contributed by atoms with Gasteiger partial charge < -0.3 is 5.48 Å². The van der Waals surface area contributed by atoms with E-state index in [1.807, 2.05) is 0 Å². The first-order valence-corrected chi connectivity index (χ1v) is 4.56. The van der Waals surface area contributed by atoms with Crippen molar-refractivity contribution in [3.05, 3.63) is 48.3 Å². The highest BCUT2D eigenvalue weighted by Gasteiger charge is 1.95. The number of hydrogen-bond acceptors (Lipinski definition) is 2. The van der Waals surface area contributed by atoms with Crippen LogP contribution in [0.1, 0.15) is 0 Å². The fourth-order valence-electron chi connectivity index (χ4n) is 0.375. The van der Waals surface area contributed by atoms with Gasteiger partial charge in [0.2, 0.25) is 0 Å². The number of allylic oxidation sites excluding steroid dienone is 4. The number of hydrogen-bond donors (Lipinski definition) is 0. The molecule has 0 rings (SSSR count). The maximum absolute atomic E-state index is 10.9. The van der Waals surface area contributed by atoms with Gasteiger partial charge in [-0.25, -0.2) is 8.42 Å². The van der Waals surface area contributed by atoms with Gasteiger partial charge in [-0.05, 0) is 0 Å². The van der Waals surface area contributed by atoms with Crippen LogP contribution >= 0.6 is 0 Å². The van der Waals surface area contributed by atoms with E-state index < -0.39 is 9.84 Å². The van der Waals surface area contributed by atoms with E-state index in [1.165, 1.54) is 24.3 Å². The summed E-state index contributed by atoms with van der Waals surface area (Å²) in [6.07, 6.45) is 5.53. The molecule has 4 heteroatoms. The minimum absolute atomic E-state index is 0. The first-order valence-electron chi connectivity index (χ1n) is 2.95. The van der Waals surface area contributed by atoms with Gasteiger partial charge in [-0.3, -0.25) is 0 Å². The maximum atomic E-state index is 10.9. The summed E-state index contributed by atoms with van der Waals surface area (Å²) in [4.78, 5) is 0. The Bertz CT molecular complexity index is 259. The van der Waals surface area contributed by atoms with E-state index in [1.54, 1.807) is 0 Å². The van der Waals surface area contributed by atoms with Gasteiger partial charge in [-0.2, -0.15) is 0 Å². The second-order valence-corrected chi connectivity index (χ2v) is 3.44. The van der Waals surface area contributed by atoms with E-state index in [-0.39, 0.29) is 5.48 Å². The van der Waals surface area contributed by atoms with Crippen molar-refractivity contribution in [1.82, 2.24) is 0 Å². The van der Waals surface area contributed by atoms with Gasteiger partial charge in [-0.15, -0.1) is 0 Å². The Balaban J connectivity index is 0. The molecule has 3 nitrogen and oxygen atoms in total. The van der Waals surface area contributed by atoms with Crippen molar-refractivity contribution >= 4 is 9.84 Å². The van der Waals surface area contributed by atoms with Crippen LogP contribution in [0.25, 0.3) is 0 Å². The molecule has 0 unspecified atom stereocenters. The van der Waals surface area contributed by atoms with Crippen LogP contribution in [-0.2, 0) is 9.84 Å². The molecule has 0 heterocycles. The Morgan fingerprint density at radius 1 is 0.917 bits per heavy atom. The second kappa shape index (κ2) is 6.57. The Morgan fingerprint density at radius 2 is 1.25 bits per heavy atom. The van der Waals surface area contributed by atoms with Crippen molar-refractivity contribution in [3.63, 3.8) is 0 Å². The monoisotopic (exact) mass is 188 g/mol. The third kappa shape index (κ3) is 6.98. The fourth-order valence-corrected chi connectivity index (χ4v) is 1.13. The van der Waals surface area contributed by atoms with Crippen molar-refractivity contribution in [1.29, 1.82) is 0 Å². The van der Waals surface area contributed by atoms with Crippen LogP contribution in [0.5, 0.6) is 0 Å². The van der Waals surface area contributed by atoms with Crippen LogP contribution in [0.4, 0.5) is 0 Å². The lowest BCUT2D eigenvalue weighted by atomic mass is 10.6. The Kier molecular flexibility index (Phi) is 7.37. The summed E-state index contributed by atoms with van der Waals surface area (Å²) >= 11 is 0. The van der Waals surface area contributed by atoms with E-state index in [2.05, 4.69) is 13.2 Å². The highest BCUT2D eigenvalue weighted by atomic mass is 32.2. The molecule has 0 bridgehead atoms. The predicted molar refractivity (Wildman–Crippen MR) is 51.2 cm³/mol. The van der Waals surface area contributed by atoms with Gasteiger partial charge >= 0.3 is 0 Å². The first kappa shape index (κ1) is 13.5. The molecule has 68 valence electrons. The van der Waals surface area contributed by atoms with E-state index in [0.717, 1.165) is 10.8 Å². The standard InChI is InChI=1S/C8H10O2S.H2O/c1-3-5-7-11(9,10)8-6-4-2;/h3-8H,1-2H2;1H2. The first-order chi connectivity index (χ1) is 5.12. The van der Waals surface area contributed by atoms with Gasteiger partial charge in [-0.1, -0.05) is 37.5 Å². The molecule has 0 atom stereocenters. The van der Waals surface area contributed by atoms with Crippen molar-refractivity contribution in [2.24, 2.45) is 0 Å². The van der Waals surface area contributed by atoms with Crippen molar-refractivity contribution < 1.29 is 13.9 Å². The number of sulfone groups is 1. The zero-order valence-corrected chi connectivity index (χ0v) is 7.42. The average Bonchev–Trinajstić information content (AvgIpc) is 1.97. The molecule has 0 aliphatic carbocycles. The molecule has 12 heavy (non-hydrogen) atoms. The fraction of sp³-hybridized carbons (Fsp3) is 0. The van der Waals surface area contributed by atoms with Crippen LogP contribution in [-0.4, -0.2) is 13.9 Å². The van der Waals surface area contributed by atoms with Crippen molar-refractivity contribution in [3.8, 4) is 0 Å². The summed E-state index contributed by atoms with van der Waals surface area (Å²) in [6.45, 7) is 6.70. The van der Waals surface area contributed by atoms with E-state index >= 15 is 0 Å². The van der Waals surface area contributed by atoms with E-state index in [9.17, 15) is 8.42 Å². The van der Waals surface area contributed by atoms with Crippen LogP contribution in [0.15, 0.2) is 48.3 Å². The zero-order valence-electron chi connectivity index (χ0n) is 6.60. The molecule has 0 spiro atoms. The third-order valence-electron chi connectivity index (χ3n) is 0.809. The van der Waals surface area contributed by atoms with E-state index in [4.69, 9.17) is 0 Å². The van der Waals surface area contributed by atoms with Crippen LogP contribution in [0.3, 0.4) is 0 Å². The molecule has 0 saturated carbocycles.